The quantitative estimate of drug-likeness (QED) is 0.779. The summed E-state index contributed by atoms with van der Waals surface area (Å²) >= 11 is 0. The fraction of sp³-hybridized carbons (Fsp3) is 0.412. The summed E-state index contributed by atoms with van der Waals surface area (Å²) in [7, 11) is 1.54. The standard InChI is InChI=1S/C17H21F2N3O2/c1-12-5-4-6-14(9-12)10-21(13(2)11-24-3)16(23)15-7-8-20-22(15)17(18)19/h4-9,13,17H,10-11H2,1-3H3. The zero-order valence-corrected chi connectivity index (χ0v) is 13.9. The SMILES string of the molecule is COCC(C)N(Cc1cccc(C)c1)C(=O)c1ccnn1C(F)F. The van der Waals surface area contributed by atoms with E-state index in [1.165, 1.54) is 24.3 Å². The van der Waals surface area contributed by atoms with Crippen LogP contribution in [-0.4, -0.2) is 40.3 Å². The van der Waals surface area contributed by atoms with Gasteiger partial charge in [0, 0.05) is 19.9 Å². The van der Waals surface area contributed by atoms with E-state index in [-0.39, 0.29) is 11.7 Å². The molecule has 1 amide bonds. The van der Waals surface area contributed by atoms with Crippen molar-refractivity contribution in [2.75, 3.05) is 13.7 Å². The maximum Gasteiger partial charge on any atom is 0.333 e. The van der Waals surface area contributed by atoms with Gasteiger partial charge >= 0.3 is 6.55 Å². The van der Waals surface area contributed by atoms with E-state index in [4.69, 9.17) is 4.74 Å². The molecule has 1 atom stereocenters. The minimum Gasteiger partial charge on any atom is -0.383 e. The van der Waals surface area contributed by atoms with Gasteiger partial charge in [-0.25, -0.2) is 0 Å². The van der Waals surface area contributed by atoms with Gasteiger partial charge in [-0.3, -0.25) is 4.79 Å². The molecule has 0 saturated heterocycles. The summed E-state index contributed by atoms with van der Waals surface area (Å²) < 4.78 is 31.6. The third kappa shape index (κ3) is 4.17. The number of halogens is 2. The van der Waals surface area contributed by atoms with E-state index in [1.54, 1.807) is 0 Å². The van der Waals surface area contributed by atoms with Gasteiger partial charge in [-0.2, -0.15) is 18.6 Å². The van der Waals surface area contributed by atoms with E-state index in [0.717, 1.165) is 11.1 Å². The Morgan fingerprint density at radius 3 is 2.75 bits per heavy atom. The second-order valence-corrected chi connectivity index (χ2v) is 5.67. The second-order valence-electron chi connectivity index (χ2n) is 5.67. The molecule has 1 heterocycles. The number of aryl methyl sites for hydroxylation is 1. The fourth-order valence-corrected chi connectivity index (χ4v) is 2.55. The number of aromatic nitrogens is 2. The van der Waals surface area contributed by atoms with E-state index in [2.05, 4.69) is 5.10 Å². The molecule has 5 nitrogen and oxygen atoms in total. The monoisotopic (exact) mass is 337 g/mol. The molecule has 0 spiro atoms. The van der Waals surface area contributed by atoms with Crippen LogP contribution in [-0.2, 0) is 11.3 Å². The number of methoxy groups -OCH3 is 1. The van der Waals surface area contributed by atoms with Gasteiger partial charge < -0.3 is 9.64 Å². The lowest BCUT2D eigenvalue weighted by Gasteiger charge is -2.29. The van der Waals surface area contributed by atoms with Gasteiger partial charge in [0.1, 0.15) is 5.69 Å². The van der Waals surface area contributed by atoms with Crippen molar-refractivity contribution in [1.29, 1.82) is 0 Å². The molecule has 0 bridgehead atoms. The van der Waals surface area contributed by atoms with Crippen molar-refractivity contribution in [3.63, 3.8) is 0 Å². The number of hydrogen-bond donors (Lipinski definition) is 0. The van der Waals surface area contributed by atoms with E-state index in [9.17, 15) is 13.6 Å². The minimum absolute atomic E-state index is 0.138. The molecule has 0 fully saturated rings. The summed E-state index contributed by atoms with van der Waals surface area (Å²) in [5, 5.41) is 3.53. The van der Waals surface area contributed by atoms with Crippen LogP contribution < -0.4 is 0 Å². The van der Waals surface area contributed by atoms with E-state index in [1.807, 2.05) is 38.1 Å². The van der Waals surface area contributed by atoms with Gasteiger partial charge in [-0.15, -0.1) is 0 Å². The first-order valence-corrected chi connectivity index (χ1v) is 7.61. The van der Waals surface area contributed by atoms with Gasteiger partial charge in [0.05, 0.1) is 12.6 Å². The van der Waals surface area contributed by atoms with Crippen LogP contribution >= 0.6 is 0 Å². The lowest BCUT2D eigenvalue weighted by Crippen LogP contribution is -2.41. The van der Waals surface area contributed by atoms with Crippen molar-refractivity contribution in [3.8, 4) is 0 Å². The van der Waals surface area contributed by atoms with Crippen molar-refractivity contribution in [2.45, 2.75) is 33.0 Å². The smallest absolute Gasteiger partial charge is 0.333 e. The van der Waals surface area contributed by atoms with Gasteiger partial charge in [-0.1, -0.05) is 29.8 Å². The van der Waals surface area contributed by atoms with Crippen molar-refractivity contribution in [3.05, 3.63) is 53.3 Å². The highest BCUT2D eigenvalue weighted by Crippen LogP contribution is 2.18. The third-order valence-electron chi connectivity index (χ3n) is 3.71. The number of carbonyl (C=O) groups excluding carboxylic acids is 1. The number of amides is 1. The number of alkyl halides is 2. The van der Waals surface area contributed by atoms with E-state index >= 15 is 0 Å². The number of carbonyl (C=O) groups is 1. The molecule has 0 N–H and O–H groups in total. The first-order chi connectivity index (χ1) is 11.4. The largest absolute Gasteiger partial charge is 0.383 e. The van der Waals surface area contributed by atoms with E-state index in [0.29, 0.717) is 17.8 Å². The molecule has 2 rings (SSSR count). The summed E-state index contributed by atoms with van der Waals surface area (Å²) in [6.45, 7) is 1.53. The number of nitrogens with zero attached hydrogens (tertiary/aromatic N) is 3. The average Bonchev–Trinajstić information content (AvgIpc) is 3.02. The average molecular weight is 337 g/mol. The van der Waals surface area contributed by atoms with Crippen LogP contribution in [0.5, 0.6) is 0 Å². The zero-order valence-electron chi connectivity index (χ0n) is 13.9. The van der Waals surface area contributed by atoms with Crippen LogP contribution in [0.3, 0.4) is 0 Å². The lowest BCUT2D eigenvalue weighted by molar-refractivity contribution is 0.0385. The Labute approximate surface area is 139 Å². The summed E-state index contributed by atoms with van der Waals surface area (Å²) in [4.78, 5) is 14.3. The predicted octanol–water partition coefficient (Wildman–Crippen LogP) is 3.26. The molecular formula is C17H21F2N3O2. The highest BCUT2D eigenvalue weighted by atomic mass is 19.3. The second kappa shape index (κ2) is 8.01. The van der Waals surface area contributed by atoms with Crippen LogP contribution in [0.4, 0.5) is 8.78 Å². The Morgan fingerprint density at radius 2 is 2.12 bits per heavy atom. The van der Waals surface area contributed by atoms with Crippen LogP contribution in [0, 0.1) is 6.92 Å². The molecule has 1 aromatic heterocycles. The summed E-state index contributed by atoms with van der Waals surface area (Å²) in [6, 6.07) is 8.75. The summed E-state index contributed by atoms with van der Waals surface area (Å²) in [5.74, 6) is -0.501. The minimum atomic E-state index is -2.86. The first-order valence-electron chi connectivity index (χ1n) is 7.61. The Bertz CT molecular complexity index is 688. The predicted molar refractivity (Wildman–Crippen MR) is 85.9 cm³/mol. The van der Waals surface area contributed by atoms with Crippen LogP contribution in [0.2, 0.25) is 0 Å². The maximum absolute atomic E-state index is 13.0. The Hall–Kier alpha value is -2.28. The molecule has 0 aliphatic carbocycles. The topological polar surface area (TPSA) is 47.4 Å². The van der Waals surface area contributed by atoms with Crippen LogP contribution in [0.15, 0.2) is 36.5 Å². The molecule has 0 radical (unpaired) electrons. The van der Waals surface area contributed by atoms with Gasteiger partial charge in [0.25, 0.3) is 5.91 Å². The van der Waals surface area contributed by atoms with Crippen LogP contribution in [0.25, 0.3) is 0 Å². The fourth-order valence-electron chi connectivity index (χ4n) is 2.55. The molecule has 0 aliphatic heterocycles. The van der Waals surface area contributed by atoms with Gasteiger partial charge in [0.2, 0.25) is 0 Å². The lowest BCUT2D eigenvalue weighted by atomic mass is 10.1. The molecule has 7 heteroatoms. The summed E-state index contributed by atoms with van der Waals surface area (Å²) in [6.07, 6.45) is 1.20. The molecule has 1 unspecified atom stereocenters. The number of rotatable bonds is 7. The highest BCUT2D eigenvalue weighted by Gasteiger charge is 2.26. The van der Waals surface area contributed by atoms with Gasteiger partial charge in [0.15, 0.2) is 0 Å². The Balaban J connectivity index is 2.31. The van der Waals surface area contributed by atoms with Crippen molar-refractivity contribution >= 4 is 5.91 Å². The molecule has 2 aromatic rings. The highest BCUT2D eigenvalue weighted by molar-refractivity contribution is 5.92. The molecule has 1 aromatic carbocycles. The number of hydrogen-bond acceptors (Lipinski definition) is 3. The number of benzene rings is 1. The molecule has 0 aliphatic rings. The normalized spacial score (nSPS) is 12.4. The van der Waals surface area contributed by atoms with Gasteiger partial charge in [-0.05, 0) is 25.5 Å². The molecule has 130 valence electrons. The van der Waals surface area contributed by atoms with E-state index < -0.39 is 12.5 Å². The Kier molecular flexibility index (Phi) is 6.03. The van der Waals surface area contributed by atoms with Crippen LogP contribution in [0.1, 0.15) is 35.1 Å². The molecule has 0 saturated carbocycles. The molecular weight excluding hydrogens is 316 g/mol. The first kappa shape index (κ1) is 18.1. The summed E-state index contributed by atoms with van der Waals surface area (Å²) in [5.41, 5.74) is 1.85. The zero-order chi connectivity index (χ0) is 17.7. The maximum atomic E-state index is 13.0. The van der Waals surface area contributed by atoms with Crippen molar-refractivity contribution in [2.24, 2.45) is 0 Å². The number of ether oxygens (including phenoxy) is 1. The van der Waals surface area contributed by atoms with Crippen molar-refractivity contribution < 1.29 is 18.3 Å². The molecule has 24 heavy (non-hydrogen) atoms. The Morgan fingerprint density at radius 1 is 1.38 bits per heavy atom. The van der Waals surface area contributed by atoms with Crippen molar-refractivity contribution in [1.82, 2.24) is 14.7 Å². The third-order valence-corrected chi connectivity index (χ3v) is 3.71.